The average Bonchev–Trinajstić information content (AvgIpc) is 3.30. The maximum atomic E-state index is 12.7. The van der Waals surface area contributed by atoms with E-state index in [1.54, 1.807) is 24.6 Å². The van der Waals surface area contributed by atoms with Crippen molar-refractivity contribution >= 4 is 39.0 Å². The van der Waals surface area contributed by atoms with Gasteiger partial charge in [0.15, 0.2) is 0 Å². The molecule has 0 aliphatic rings. The van der Waals surface area contributed by atoms with Gasteiger partial charge in [-0.2, -0.15) is 5.10 Å². The Kier molecular flexibility index (Phi) is 4.77. The number of carbonyl (C=O) groups is 1. The quantitative estimate of drug-likeness (QED) is 0.559. The summed E-state index contributed by atoms with van der Waals surface area (Å²) in [7, 11) is 1.65. The Morgan fingerprint density at radius 1 is 1.19 bits per heavy atom. The third-order valence-electron chi connectivity index (χ3n) is 4.69. The molecule has 0 aliphatic heterocycles. The first kappa shape index (κ1) is 17.5. The van der Waals surface area contributed by atoms with E-state index in [-0.39, 0.29) is 11.5 Å². The molecule has 0 atom stereocenters. The van der Waals surface area contributed by atoms with E-state index < -0.39 is 0 Å². The van der Waals surface area contributed by atoms with Crippen molar-refractivity contribution in [2.24, 2.45) is 7.05 Å². The molecule has 1 N–H and O–H groups in total. The summed E-state index contributed by atoms with van der Waals surface area (Å²) in [5.74, 6) is 0.0266. The molecule has 3 aromatic heterocycles. The third-order valence-corrected chi connectivity index (χ3v) is 5.57. The molecule has 0 bridgehead atoms. The van der Waals surface area contributed by atoms with E-state index in [1.165, 1.54) is 4.68 Å². The molecule has 0 radical (unpaired) electrons. The van der Waals surface area contributed by atoms with Crippen molar-refractivity contribution in [1.29, 1.82) is 0 Å². The summed E-state index contributed by atoms with van der Waals surface area (Å²) in [5, 5.41) is 11.0. The average molecular weight is 380 g/mol. The summed E-state index contributed by atoms with van der Waals surface area (Å²) in [5.41, 5.74) is 1.52. The van der Waals surface area contributed by atoms with E-state index >= 15 is 0 Å². The summed E-state index contributed by atoms with van der Waals surface area (Å²) in [4.78, 5) is 25.9. The van der Waals surface area contributed by atoms with E-state index in [1.807, 2.05) is 46.3 Å². The van der Waals surface area contributed by atoms with Gasteiger partial charge in [0.2, 0.25) is 5.91 Å². The number of nitrogens with one attached hydrogen (secondary N) is 1. The zero-order valence-corrected chi connectivity index (χ0v) is 15.8. The molecule has 4 rings (SSSR count). The molecule has 27 heavy (non-hydrogen) atoms. The van der Waals surface area contributed by atoms with Crippen LogP contribution in [0.2, 0.25) is 0 Å². The standard InChI is InChI=1S/C20H20N4O2S/c1-23-20(26)19-16(13-22-23)15-7-2-3-8-17(15)24(19)10-4-9-18(25)21-12-14-6-5-11-27-14/h2-3,5-8,11,13H,4,9-10,12H2,1H3,(H,21,25). The topological polar surface area (TPSA) is 68.9 Å². The normalized spacial score (nSPS) is 11.3. The lowest BCUT2D eigenvalue weighted by Crippen LogP contribution is -2.23. The summed E-state index contributed by atoms with van der Waals surface area (Å²) < 4.78 is 3.37. The molecule has 0 saturated heterocycles. The van der Waals surface area contributed by atoms with Crippen LogP contribution in [-0.4, -0.2) is 20.3 Å². The van der Waals surface area contributed by atoms with Gasteiger partial charge in [-0.05, 0) is 23.9 Å². The minimum atomic E-state index is -0.120. The lowest BCUT2D eigenvalue weighted by atomic mass is 10.2. The van der Waals surface area contributed by atoms with Crippen molar-refractivity contribution in [3.63, 3.8) is 0 Å². The smallest absolute Gasteiger partial charge is 0.291 e. The van der Waals surface area contributed by atoms with Gasteiger partial charge in [-0.15, -0.1) is 11.3 Å². The zero-order valence-electron chi connectivity index (χ0n) is 15.0. The van der Waals surface area contributed by atoms with E-state index in [0.717, 1.165) is 21.2 Å². The number of amides is 1. The predicted molar refractivity (Wildman–Crippen MR) is 108 cm³/mol. The van der Waals surface area contributed by atoms with Gasteiger partial charge in [0.05, 0.1) is 12.7 Å². The fourth-order valence-electron chi connectivity index (χ4n) is 3.36. The van der Waals surface area contributed by atoms with E-state index in [4.69, 9.17) is 0 Å². The van der Waals surface area contributed by atoms with Crippen LogP contribution in [0.3, 0.4) is 0 Å². The van der Waals surface area contributed by atoms with Crippen molar-refractivity contribution in [2.45, 2.75) is 25.9 Å². The van der Waals surface area contributed by atoms with E-state index in [9.17, 15) is 9.59 Å². The molecule has 1 amide bonds. The Morgan fingerprint density at radius 3 is 2.85 bits per heavy atom. The Morgan fingerprint density at radius 2 is 2.04 bits per heavy atom. The molecule has 138 valence electrons. The van der Waals surface area contributed by atoms with Crippen LogP contribution in [0.1, 0.15) is 17.7 Å². The first-order valence-electron chi connectivity index (χ1n) is 8.87. The minimum Gasteiger partial charge on any atom is -0.351 e. The first-order valence-corrected chi connectivity index (χ1v) is 9.75. The number of aryl methyl sites for hydroxylation is 2. The minimum absolute atomic E-state index is 0.0266. The van der Waals surface area contributed by atoms with Gasteiger partial charge in [-0.1, -0.05) is 24.3 Å². The van der Waals surface area contributed by atoms with Crippen molar-refractivity contribution in [3.05, 3.63) is 63.2 Å². The lowest BCUT2D eigenvalue weighted by Gasteiger charge is -2.08. The van der Waals surface area contributed by atoms with Crippen LogP contribution < -0.4 is 10.9 Å². The molecule has 1 aromatic carbocycles. The van der Waals surface area contributed by atoms with Gasteiger partial charge in [-0.25, -0.2) is 4.68 Å². The molecule has 0 aliphatic carbocycles. The number of thiophene rings is 1. The lowest BCUT2D eigenvalue weighted by molar-refractivity contribution is -0.121. The Balaban J connectivity index is 1.53. The highest BCUT2D eigenvalue weighted by molar-refractivity contribution is 7.09. The molecule has 7 heteroatoms. The van der Waals surface area contributed by atoms with Gasteiger partial charge in [0, 0.05) is 41.2 Å². The number of fused-ring (bicyclic) bond motifs is 3. The van der Waals surface area contributed by atoms with Crippen LogP contribution in [0.25, 0.3) is 21.8 Å². The largest absolute Gasteiger partial charge is 0.351 e. The number of para-hydroxylation sites is 1. The van der Waals surface area contributed by atoms with Crippen molar-refractivity contribution in [3.8, 4) is 0 Å². The van der Waals surface area contributed by atoms with Gasteiger partial charge < -0.3 is 9.88 Å². The van der Waals surface area contributed by atoms with Gasteiger partial charge in [0.1, 0.15) is 5.52 Å². The van der Waals surface area contributed by atoms with Crippen molar-refractivity contribution < 1.29 is 4.79 Å². The van der Waals surface area contributed by atoms with Crippen LogP contribution in [-0.2, 0) is 24.9 Å². The second-order valence-electron chi connectivity index (χ2n) is 6.46. The zero-order chi connectivity index (χ0) is 18.8. The molecule has 0 spiro atoms. The molecule has 0 fully saturated rings. The number of rotatable bonds is 6. The van der Waals surface area contributed by atoms with Crippen LogP contribution >= 0.6 is 11.3 Å². The van der Waals surface area contributed by atoms with Crippen LogP contribution in [0.4, 0.5) is 0 Å². The number of carbonyl (C=O) groups excluding carboxylic acids is 1. The first-order chi connectivity index (χ1) is 13.1. The predicted octanol–water partition coefficient (Wildman–Crippen LogP) is 3.05. The van der Waals surface area contributed by atoms with Crippen LogP contribution in [0.5, 0.6) is 0 Å². The summed E-state index contributed by atoms with van der Waals surface area (Å²) in [6.45, 7) is 1.17. The van der Waals surface area contributed by atoms with Crippen molar-refractivity contribution in [2.75, 3.05) is 0 Å². The number of benzene rings is 1. The SMILES string of the molecule is Cn1ncc2c3ccccc3n(CCCC(=O)NCc3cccs3)c2c1=O. The van der Waals surface area contributed by atoms with E-state index in [0.29, 0.717) is 31.4 Å². The number of hydrogen-bond acceptors (Lipinski definition) is 4. The highest BCUT2D eigenvalue weighted by Gasteiger charge is 2.15. The Bertz CT molecular complexity index is 1160. The Labute approximate surface area is 160 Å². The van der Waals surface area contributed by atoms with E-state index in [2.05, 4.69) is 10.4 Å². The summed E-state index contributed by atoms with van der Waals surface area (Å²) in [6, 6.07) is 11.9. The maximum Gasteiger partial charge on any atom is 0.291 e. The Hall–Kier alpha value is -2.93. The monoisotopic (exact) mass is 380 g/mol. The molecular formula is C20H20N4O2S. The third kappa shape index (κ3) is 3.38. The number of hydrogen-bond donors (Lipinski definition) is 1. The highest BCUT2D eigenvalue weighted by Crippen LogP contribution is 2.26. The van der Waals surface area contributed by atoms with Crippen molar-refractivity contribution in [1.82, 2.24) is 19.7 Å². The highest BCUT2D eigenvalue weighted by atomic mass is 32.1. The van der Waals surface area contributed by atoms with Gasteiger partial charge >= 0.3 is 0 Å². The van der Waals surface area contributed by atoms with Gasteiger partial charge in [0.25, 0.3) is 5.56 Å². The van der Waals surface area contributed by atoms with Crippen LogP contribution in [0, 0.1) is 0 Å². The molecule has 6 nitrogen and oxygen atoms in total. The van der Waals surface area contributed by atoms with Crippen LogP contribution in [0.15, 0.2) is 52.8 Å². The summed E-state index contributed by atoms with van der Waals surface area (Å²) >= 11 is 1.63. The fourth-order valence-corrected chi connectivity index (χ4v) is 4.00. The molecule has 3 heterocycles. The number of nitrogens with zero attached hydrogens (tertiary/aromatic N) is 3. The van der Waals surface area contributed by atoms with Gasteiger partial charge in [-0.3, -0.25) is 9.59 Å². The molecule has 0 saturated carbocycles. The second kappa shape index (κ2) is 7.36. The fraction of sp³-hybridized carbons (Fsp3) is 0.250. The molecule has 0 unspecified atom stereocenters. The molecular weight excluding hydrogens is 360 g/mol. The number of aromatic nitrogens is 3. The summed E-state index contributed by atoms with van der Waals surface area (Å²) in [6.07, 6.45) is 2.82. The maximum absolute atomic E-state index is 12.7. The second-order valence-corrected chi connectivity index (χ2v) is 7.50. The molecule has 4 aromatic rings.